The maximum atomic E-state index is 14.3. The van der Waals surface area contributed by atoms with Crippen LogP contribution >= 0.6 is 11.3 Å². The number of primary amides is 1. The number of carbonyl (C=O) groups excluding carboxylic acids is 5. The van der Waals surface area contributed by atoms with Gasteiger partial charge in [-0.25, -0.2) is 13.2 Å². The van der Waals surface area contributed by atoms with Gasteiger partial charge in [-0.15, -0.1) is 11.3 Å². The topological polar surface area (TPSA) is 188 Å². The van der Waals surface area contributed by atoms with Crippen LogP contribution in [0.1, 0.15) is 86.5 Å². The highest BCUT2D eigenvalue weighted by molar-refractivity contribution is 7.89. The first-order chi connectivity index (χ1) is 22.0. The Labute approximate surface area is 288 Å². The van der Waals surface area contributed by atoms with E-state index < -0.39 is 74.6 Å². The van der Waals surface area contributed by atoms with Gasteiger partial charge in [0.25, 0.3) is 5.91 Å². The predicted octanol–water partition coefficient (Wildman–Crippen LogP) is 2.59. The van der Waals surface area contributed by atoms with Crippen molar-refractivity contribution in [2.45, 2.75) is 117 Å². The standard InChI is InChI=1S/C33H52N6O7S2/c1-10-11-12-19(25(40)27(34)41)35-28(42)24-23-18(33(23,8)9)15-39(24)29(43)26(32(5,6)7)37-30(44)36-22(31(2,3)4)17-38-16-20-21(13-14-47-20)48(38,45)46/h13-14,18-19,22-24,26H,10-12,15-17H2,1-9H3,(H2,34,41)(H,35,42)(H2,36,37,44)/t18-,19?,22+,23-,24-,26+/m0/s1. The molecule has 15 heteroatoms. The van der Waals surface area contributed by atoms with E-state index in [1.807, 2.05) is 62.3 Å². The maximum absolute atomic E-state index is 14.3. The van der Waals surface area contributed by atoms with Gasteiger partial charge in [-0.3, -0.25) is 19.2 Å². The summed E-state index contributed by atoms with van der Waals surface area (Å²) in [7, 11) is -3.69. The third-order valence-corrected chi connectivity index (χ3v) is 13.2. The van der Waals surface area contributed by atoms with Crippen molar-refractivity contribution >= 4 is 50.9 Å². The van der Waals surface area contributed by atoms with Gasteiger partial charge >= 0.3 is 6.03 Å². The number of likely N-dealkylation sites (tertiary alicyclic amines) is 1. The molecule has 6 atom stereocenters. The second-order valence-electron chi connectivity index (χ2n) is 16.2. The monoisotopic (exact) mass is 708 g/mol. The molecule has 1 unspecified atom stereocenters. The molecule has 268 valence electrons. The summed E-state index contributed by atoms with van der Waals surface area (Å²) in [6, 6.07) is -2.67. The van der Waals surface area contributed by atoms with E-state index in [2.05, 4.69) is 16.0 Å². The molecular formula is C33H52N6O7S2. The third kappa shape index (κ3) is 7.42. The Hall–Kier alpha value is -3.04. The Balaban J connectivity index is 1.53. The first-order valence-electron chi connectivity index (χ1n) is 16.6. The molecule has 3 aliphatic rings. The zero-order valence-corrected chi connectivity index (χ0v) is 31.1. The number of ketones is 1. The molecule has 1 saturated heterocycles. The Bertz CT molecular complexity index is 1560. The van der Waals surface area contributed by atoms with Gasteiger partial charge in [0.15, 0.2) is 0 Å². The lowest BCUT2D eigenvalue weighted by molar-refractivity contribution is -0.145. The summed E-state index contributed by atoms with van der Waals surface area (Å²) in [5.41, 5.74) is 3.76. The summed E-state index contributed by atoms with van der Waals surface area (Å²) in [4.78, 5) is 68.7. The number of hydrogen-bond acceptors (Lipinski definition) is 8. The third-order valence-electron chi connectivity index (χ3n) is 10.3. The first-order valence-corrected chi connectivity index (χ1v) is 18.9. The van der Waals surface area contributed by atoms with E-state index >= 15 is 0 Å². The van der Waals surface area contributed by atoms with Crippen molar-refractivity contribution in [2.24, 2.45) is 33.8 Å². The lowest BCUT2D eigenvalue weighted by Crippen LogP contribution is -2.62. The number of fused-ring (bicyclic) bond motifs is 2. The summed E-state index contributed by atoms with van der Waals surface area (Å²) in [6.45, 7) is 17.7. The number of amides is 5. The molecule has 3 heterocycles. The average molecular weight is 709 g/mol. The van der Waals surface area contributed by atoms with Crippen molar-refractivity contribution < 1.29 is 32.4 Å². The van der Waals surface area contributed by atoms with Crippen LogP contribution in [-0.4, -0.2) is 84.4 Å². The minimum absolute atomic E-state index is 0.0449. The Morgan fingerprint density at radius 2 is 1.69 bits per heavy atom. The highest BCUT2D eigenvalue weighted by Gasteiger charge is 2.70. The van der Waals surface area contributed by atoms with Crippen molar-refractivity contribution in [3.63, 3.8) is 0 Å². The molecule has 5 N–H and O–H groups in total. The number of piperidine rings is 1. The number of nitrogens with zero attached hydrogens (tertiary/aromatic N) is 2. The number of thiophene rings is 1. The summed E-state index contributed by atoms with van der Waals surface area (Å²) in [5, 5.41) is 10.3. The van der Waals surface area contributed by atoms with Crippen LogP contribution in [-0.2, 0) is 35.7 Å². The maximum Gasteiger partial charge on any atom is 0.315 e. The number of urea groups is 1. The fourth-order valence-electron chi connectivity index (χ4n) is 7.03. The molecule has 2 aliphatic heterocycles. The molecule has 0 aromatic carbocycles. The van der Waals surface area contributed by atoms with Crippen LogP contribution in [0, 0.1) is 28.1 Å². The molecule has 1 aromatic heterocycles. The van der Waals surface area contributed by atoms with Gasteiger partial charge < -0.3 is 26.6 Å². The second-order valence-corrected chi connectivity index (χ2v) is 19.1. The van der Waals surface area contributed by atoms with Crippen LogP contribution in [0.15, 0.2) is 16.3 Å². The molecule has 1 aromatic rings. The van der Waals surface area contributed by atoms with E-state index in [1.54, 1.807) is 11.4 Å². The van der Waals surface area contributed by atoms with Crippen molar-refractivity contribution in [1.29, 1.82) is 0 Å². The van der Waals surface area contributed by atoms with Gasteiger partial charge in [-0.05, 0) is 45.9 Å². The number of nitrogens with one attached hydrogen (secondary N) is 3. The molecule has 1 saturated carbocycles. The molecule has 2 fully saturated rings. The number of unbranched alkanes of at least 4 members (excludes halogenated alkanes) is 1. The van der Waals surface area contributed by atoms with Gasteiger partial charge in [-0.2, -0.15) is 4.31 Å². The molecule has 0 radical (unpaired) electrons. The van der Waals surface area contributed by atoms with Gasteiger partial charge in [0.2, 0.25) is 27.6 Å². The van der Waals surface area contributed by atoms with Gasteiger partial charge in [0.05, 0.1) is 10.9 Å². The fourth-order valence-corrected chi connectivity index (χ4v) is 9.95. The van der Waals surface area contributed by atoms with E-state index in [9.17, 15) is 32.4 Å². The predicted molar refractivity (Wildman–Crippen MR) is 182 cm³/mol. The average Bonchev–Trinajstić information content (AvgIpc) is 3.42. The molecule has 48 heavy (non-hydrogen) atoms. The Morgan fingerprint density at radius 3 is 2.23 bits per heavy atom. The molecule has 13 nitrogen and oxygen atoms in total. The van der Waals surface area contributed by atoms with E-state index in [-0.39, 0.29) is 36.8 Å². The van der Waals surface area contributed by atoms with Crippen molar-refractivity contribution in [3.05, 3.63) is 16.3 Å². The SMILES string of the molecule is CCCCC(NC(=O)[C@@H]1[C@@H]2[C@H](CN1C(=O)[C@@H](NC(=O)N[C@H](CN1Cc3sccc3S1(=O)=O)C(C)(C)C)C(C)(C)C)C2(C)C)C(=O)C(N)=O. The zero-order chi connectivity index (χ0) is 36.1. The van der Waals surface area contributed by atoms with Crippen molar-refractivity contribution in [2.75, 3.05) is 13.1 Å². The van der Waals surface area contributed by atoms with Crippen LogP contribution in [0.5, 0.6) is 0 Å². The van der Waals surface area contributed by atoms with Gasteiger partial charge in [0.1, 0.15) is 12.1 Å². The summed E-state index contributed by atoms with van der Waals surface area (Å²) in [5.74, 6) is -3.09. The van der Waals surface area contributed by atoms with Crippen molar-refractivity contribution in [1.82, 2.24) is 25.2 Å². The normalized spacial score (nSPS) is 24.5. The van der Waals surface area contributed by atoms with Crippen LogP contribution in [0.25, 0.3) is 0 Å². The minimum atomic E-state index is -3.69. The minimum Gasteiger partial charge on any atom is -0.363 e. The van der Waals surface area contributed by atoms with E-state index in [0.717, 1.165) is 11.3 Å². The van der Waals surface area contributed by atoms with Crippen LogP contribution in [0.2, 0.25) is 0 Å². The highest BCUT2D eigenvalue weighted by Crippen LogP contribution is 2.65. The molecule has 4 rings (SSSR count). The van der Waals surface area contributed by atoms with Crippen LogP contribution in [0.4, 0.5) is 4.79 Å². The number of Topliss-reactive ketones (excluding diaryl/α,β-unsaturated/α-hetero) is 1. The first kappa shape index (κ1) is 37.8. The van der Waals surface area contributed by atoms with Gasteiger partial charge in [-0.1, -0.05) is 75.2 Å². The summed E-state index contributed by atoms with van der Waals surface area (Å²) in [6.07, 6.45) is 1.58. The molecular weight excluding hydrogens is 657 g/mol. The van der Waals surface area contributed by atoms with Crippen LogP contribution < -0.4 is 21.7 Å². The van der Waals surface area contributed by atoms with Gasteiger partial charge in [0, 0.05) is 30.6 Å². The number of nitrogens with two attached hydrogens (primary N) is 1. The van der Waals surface area contributed by atoms with Crippen molar-refractivity contribution in [3.8, 4) is 0 Å². The fraction of sp³-hybridized carbons (Fsp3) is 0.727. The Kier molecular flexibility index (Phi) is 10.5. The number of sulfonamides is 1. The molecule has 0 bridgehead atoms. The highest BCUT2D eigenvalue weighted by atomic mass is 32.2. The van der Waals surface area contributed by atoms with Crippen LogP contribution in [0.3, 0.4) is 0 Å². The number of carbonyl (C=O) groups is 5. The number of rotatable bonds is 12. The quantitative estimate of drug-likeness (QED) is 0.240. The summed E-state index contributed by atoms with van der Waals surface area (Å²) >= 11 is 1.38. The van der Waals surface area contributed by atoms with E-state index in [4.69, 9.17) is 5.73 Å². The smallest absolute Gasteiger partial charge is 0.315 e. The number of hydrogen-bond donors (Lipinski definition) is 4. The lowest BCUT2D eigenvalue weighted by atomic mass is 9.85. The molecule has 1 aliphatic carbocycles. The second kappa shape index (κ2) is 13.3. The molecule has 0 spiro atoms. The largest absolute Gasteiger partial charge is 0.363 e. The summed E-state index contributed by atoms with van der Waals surface area (Å²) < 4.78 is 27.7. The Morgan fingerprint density at radius 1 is 1.04 bits per heavy atom. The van der Waals surface area contributed by atoms with E-state index in [1.165, 1.54) is 20.5 Å². The molecule has 5 amide bonds. The lowest BCUT2D eigenvalue weighted by Gasteiger charge is -2.39. The van der Waals surface area contributed by atoms with E-state index in [0.29, 0.717) is 17.9 Å². The zero-order valence-electron chi connectivity index (χ0n) is 29.5.